The molecule has 2 amide bonds. The number of hydrogen-bond donors (Lipinski definition) is 1. The Hall–Kier alpha value is -3.13. The zero-order chi connectivity index (χ0) is 23.0. The van der Waals surface area contributed by atoms with E-state index in [1.54, 1.807) is 9.80 Å². The monoisotopic (exact) mass is 454 g/mol. The smallest absolute Gasteiger partial charge is 0.323 e. The van der Waals surface area contributed by atoms with Gasteiger partial charge in [-0.05, 0) is 40.5 Å². The van der Waals surface area contributed by atoms with Crippen molar-refractivity contribution in [2.45, 2.75) is 38.1 Å². The molecular weight excluding hydrogens is 429 g/mol. The molecule has 1 aromatic heterocycles. The maximum Gasteiger partial charge on any atom is 0.417 e. The van der Waals surface area contributed by atoms with E-state index in [0.717, 1.165) is 25.2 Å². The molecule has 0 spiro atoms. The minimum atomic E-state index is -4.44. The Kier molecular flexibility index (Phi) is 5.70. The molecule has 5 nitrogen and oxygen atoms in total. The fraction of sp³-hybridized carbons (Fsp3) is 0.360. The number of carbonyl (C=O) groups excluding carboxylic acids is 1. The van der Waals surface area contributed by atoms with Gasteiger partial charge in [-0.25, -0.2) is 4.79 Å². The molecule has 0 saturated carbocycles. The number of pyridine rings is 1. The maximum absolute atomic E-state index is 13.0. The lowest BCUT2D eigenvalue weighted by Crippen LogP contribution is -2.45. The van der Waals surface area contributed by atoms with E-state index in [1.165, 1.54) is 16.3 Å². The lowest BCUT2D eigenvalue weighted by Gasteiger charge is -2.32. The van der Waals surface area contributed by atoms with E-state index in [4.69, 9.17) is 0 Å². The first-order valence-corrected chi connectivity index (χ1v) is 11.2. The molecule has 0 bridgehead atoms. The molecule has 0 aliphatic carbocycles. The van der Waals surface area contributed by atoms with Gasteiger partial charge in [0.15, 0.2) is 0 Å². The van der Waals surface area contributed by atoms with Crippen LogP contribution in [0.3, 0.4) is 0 Å². The van der Waals surface area contributed by atoms with E-state index in [2.05, 4.69) is 40.6 Å². The molecule has 1 saturated heterocycles. The zero-order valence-electron chi connectivity index (χ0n) is 18.1. The summed E-state index contributed by atoms with van der Waals surface area (Å²) in [6, 6.07) is 15.8. The number of urea groups is 1. The molecule has 1 unspecified atom stereocenters. The van der Waals surface area contributed by atoms with Crippen molar-refractivity contribution in [1.82, 2.24) is 20.1 Å². The number of amides is 2. The number of aromatic nitrogens is 1. The minimum absolute atomic E-state index is 0.118. The second-order valence-corrected chi connectivity index (χ2v) is 8.78. The summed E-state index contributed by atoms with van der Waals surface area (Å²) in [5, 5.41) is 5.95. The molecule has 5 rings (SSSR count). The summed E-state index contributed by atoms with van der Waals surface area (Å²) >= 11 is 0. The number of likely N-dealkylation sites (tertiary alicyclic amines) is 1. The number of nitrogens with zero attached hydrogens (tertiary/aromatic N) is 3. The predicted molar refractivity (Wildman–Crippen MR) is 120 cm³/mol. The minimum Gasteiger partial charge on any atom is -0.323 e. The lowest BCUT2D eigenvalue weighted by atomic mass is 10.0. The Morgan fingerprint density at radius 2 is 1.88 bits per heavy atom. The second-order valence-electron chi connectivity index (χ2n) is 8.78. The van der Waals surface area contributed by atoms with Crippen LogP contribution in [0.4, 0.5) is 18.0 Å². The van der Waals surface area contributed by atoms with Gasteiger partial charge in [0.05, 0.1) is 5.56 Å². The zero-order valence-corrected chi connectivity index (χ0v) is 18.1. The number of rotatable bonds is 3. The first-order valence-electron chi connectivity index (χ1n) is 11.2. The van der Waals surface area contributed by atoms with Crippen molar-refractivity contribution in [2.24, 2.45) is 0 Å². The third kappa shape index (κ3) is 4.66. The van der Waals surface area contributed by atoms with Gasteiger partial charge in [-0.15, -0.1) is 0 Å². The lowest BCUT2D eigenvalue weighted by molar-refractivity contribution is -0.137. The van der Waals surface area contributed by atoms with Crippen molar-refractivity contribution in [3.05, 3.63) is 77.1 Å². The number of hydrogen-bond acceptors (Lipinski definition) is 3. The van der Waals surface area contributed by atoms with Crippen LogP contribution in [0, 0.1) is 0 Å². The van der Waals surface area contributed by atoms with Gasteiger partial charge in [0.1, 0.15) is 0 Å². The second kappa shape index (κ2) is 8.67. The molecule has 0 radical (unpaired) electrons. The van der Waals surface area contributed by atoms with Gasteiger partial charge in [0.25, 0.3) is 0 Å². The van der Waals surface area contributed by atoms with E-state index in [9.17, 15) is 18.0 Å². The molecule has 3 aromatic rings. The first-order chi connectivity index (χ1) is 15.9. The topological polar surface area (TPSA) is 48.5 Å². The molecule has 1 atom stereocenters. The Labute approximate surface area is 190 Å². The van der Waals surface area contributed by atoms with Crippen molar-refractivity contribution in [3.8, 4) is 0 Å². The van der Waals surface area contributed by atoms with E-state index >= 15 is 0 Å². The molecule has 1 N–H and O–H groups in total. The SMILES string of the molecule is O=C(N1CCc2ncc(C(F)(F)F)cc2C1)N1CCC(NCc2ccc3ccccc3c2)C1. The van der Waals surface area contributed by atoms with Crippen LogP contribution in [-0.2, 0) is 25.7 Å². The fourth-order valence-corrected chi connectivity index (χ4v) is 4.66. The Morgan fingerprint density at radius 1 is 1.06 bits per heavy atom. The first kappa shape index (κ1) is 21.7. The Bertz CT molecular complexity index is 1180. The summed E-state index contributed by atoms with van der Waals surface area (Å²) in [4.78, 5) is 20.4. The van der Waals surface area contributed by atoms with E-state index in [-0.39, 0.29) is 18.6 Å². The van der Waals surface area contributed by atoms with Crippen LogP contribution < -0.4 is 5.32 Å². The van der Waals surface area contributed by atoms with Crippen molar-refractivity contribution < 1.29 is 18.0 Å². The summed E-state index contributed by atoms with van der Waals surface area (Å²) in [7, 11) is 0. The summed E-state index contributed by atoms with van der Waals surface area (Å²) in [6.45, 7) is 2.59. The molecule has 172 valence electrons. The predicted octanol–water partition coefficient (Wildman–Crippen LogP) is 4.60. The highest BCUT2D eigenvalue weighted by Crippen LogP contribution is 2.31. The van der Waals surface area contributed by atoms with E-state index < -0.39 is 11.7 Å². The van der Waals surface area contributed by atoms with Gasteiger partial charge in [-0.1, -0.05) is 36.4 Å². The molecule has 3 heterocycles. The number of fused-ring (bicyclic) bond motifs is 2. The van der Waals surface area contributed by atoms with Crippen LogP contribution in [-0.4, -0.2) is 46.5 Å². The molecule has 1 fully saturated rings. The number of carbonyl (C=O) groups is 1. The van der Waals surface area contributed by atoms with Gasteiger partial charge in [0.2, 0.25) is 0 Å². The average Bonchev–Trinajstić information content (AvgIpc) is 3.30. The van der Waals surface area contributed by atoms with Crippen molar-refractivity contribution in [3.63, 3.8) is 0 Å². The van der Waals surface area contributed by atoms with Crippen molar-refractivity contribution >= 4 is 16.8 Å². The van der Waals surface area contributed by atoms with Crippen LogP contribution in [0.1, 0.15) is 28.8 Å². The van der Waals surface area contributed by atoms with E-state index in [0.29, 0.717) is 37.3 Å². The van der Waals surface area contributed by atoms with Crippen molar-refractivity contribution in [1.29, 1.82) is 0 Å². The van der Waals surface area contributed by atoms with Crippen LogP contribution in [0.2, 0.25) is 0 Å². The summed E-state index contributed by atoms with van der Waals surface area (Å²) in [5.74, 6) is 0. The molecule has 8 heteroatoms. The maximum atomic E-state index is 13.0. The highest BCUT2D eigenvalue weighted by atomic mass is 19.4. The van der Waals surface area contributed by atoms with Gasteiger partial charge in [0, 0.05) is 57.1 Å². The van der Waals surface area contributed by atoms with Gasteiger partial charge in [-0.3, -0.25) is 4.98 Å². The van der Waals surface area contributed by atoms with Crippen LogP contribution in [0.5, 0.6) is 0 Å². The normalized spacial score (nSPS) is 18.6. The molecule has 33 heavy (non-hydrogen) atoms. The number of halogens is 3. The largest absolute Gasteiger partial charge is 0.417 e. The van der Waals surface area contributed by atoms with Gasteiger partial charge in [-0.2, -0.15) is 13.2 Å². The summed E-state index contributed by atoms with van der Waals surface area (Å²) < 4.78 is 39.1. The molecule has 2 aliphatic heterocycles. The third-order valence-corrected chi connectivity index (χ3v) is 6.50. The summed E-state index contributed by atoms with van der Waals surface area (Å²) in [6.07, 6.45) is -2.24. The summed E-state index contributed by atoms with van der Waals surface area (Å²) in [5.41, 5.74) is 1.55. The standard InChI is InChI=1S/C25H25F3N4O/c26-25(27,28)21-12-20-15-31(10-8-23(20)30-14-21)24(33)32-9-7-22(16-32)29-13-17-5-6-18-3-1-2-4-19(18)11-17/h1-6,11-12,14,22,29H,7-10,13,15-16H2. The van der Waals surface area contributed by atoms with Crippen LogP contribution in [0.25, 0.3) is 10.8 Å². The Morgan fingerprint density at radius 3 is 2.70 bits per heavy atom. The average molecular weight is 454 g/mol. The number of benzene rings is 2. The molecule has 2 aliphatic rings. The third-order valence-electron chi connectivity index (χ3n) is 6.50. The van der Waals surface area contributed by atoms with Crippen molar-refractivity contribution in [2.75, 3.05) is 19.6 Å². The molecule has 2 aromatic carbocycles. The van der Waals surface area contributed by atoms with Crippen LogP contribution in [0.15, 0.2) is 54.7 Å². The van der Waals surface area contributed by atoms with Gasteiger partial charge < -0.3 is 15.1 Å². The quantitative estimate of drug-likeness (QED) is 0.630. The highest BCUT2D eigenvalue weighted by molar-refractivity contribution is 5.83. The fourth-order valence-electron chi connectivity index (χ4n) is 4.66. The number of nitrogens with one attached hydrogen (secondary N) is 1. The van der Waals surface area contributed by atoms with Crippen LogP contribution >= 0.6 is 0 Å². The number of alkyl halides is 3. The molecular formula is C25H25F3N4O. The van der Waals surface area contributed by atoms with Gasteiger partial charge >= 0.3 is 12.2 Å². The Balaban J connectivity index is 1.18. The highest BCUT2D eigenvalue weighted by Gasteiger charge is 2.34. The van der Waals surface area contributed by atoms with E-state index in [1.807, 2.05) is 12.1 Å².